The third-order valence-corrected chi connectivity index (χ3v) is 4.20. The second-order valence-corrected chi connectivity index (χ2v) is 6.08. The maximum atomic E-state index is 13.9. The summed E-state index contributed by atoms with van der Waals surface area (Å²) in [5.41, 5.74) is 6.71. The summed E-state index contributed by atoms with van der Waals surface area (Å²) in [5.74, 6) is -1.13. The average molecular weight is 411 g/mol. The molecule has 0 radical (unpaired) electrons. The Bertz CT molecular complexity index is 634. The molecule has 2 N–H and O–H groups in total. The van der Waals surface area contributed by atoms with E-state index in [1.165, 1.54) is 0 Å². The van der Waals surface area contributed by atoms with Gasteiger partial charge in [0.05, 0.1) is 10.5 Å². The van der Waals surface area contributed by atoms with Crippen molar-refractivity contribution < 1.29 is 8.78 Å². The van der Waals surface area contributed by atoms with Crippen LogP contribution in [0.3, 0.4) is 0 Å². The molecule has 0 spiro atoms. The lowest BCUT2D eigenvalue weighted by atomic mass is 9.99. The van der Waals surface area contributed by atoms with Crippen molar-refractivity contribution in [3.8, 4) is 0 Å². The monoisotopic (exact) mass is 409 g/mol. The van der Waals surface area contributed by atoms with E-state index in [0.29, 0.717) is 15.1 Å². The van der Waals surface area contributed by atoms with Crippen LogP contribution in [0.2, 0.25) is 5.02 Å². The van der Waals surface area contributed by atoms with E-state index < -0.39 is 17.7 Å². The number of nitrogens with two attached hydrogens (primary N) is 1. The van der Waals surface area contributed by atoms with Crippen LogP contribution in [0.4, 0.5) is 8.78 Å². The van der Waals surface area contributed by atoms with Crippen molar-refractivity contribution in [3.05, 3.63) is 67.1 Å². The van der Waals surface area contributed by atoms with E-state index in [2.05, 4.69) is 31.9 Å². The molecule has 1 atom stereocenters. The zero-order valence-electron chi connectivity index (χ0n) is 9.43. The van der Waals surface area contributed by atoms with Crippen LogP contribution in [0.15, 0.2) is 39.3 Å². The largest absolute Gasteiger partial charge is 0.320 e. The van der Waals surface area contributed by atoms with Crippen LogP contribution in [0, 0.1) is 11.6 Å². The van der Waals surface area contributed by atoms with Crippen molar-refractivity contribution in [2.24, 2.45) is 5.73 Å². The maximum Gasteiger partial charge on any atom is 0.137 e. The Morgan fingerprint density at radius 2 is 1.63 bits per heavy atom. The minimum absolute atomic E-state index is 0.0659. The predicted octanol–water partition coefficient (Wildman–Crippen LogP) is 5.19. The summed E-state index contributed by atoms with van der Waals surface area (Å²) >= 11 is 12.1. The Kier molecular flexibility index (Phi) is 4.61. The van der Waals surface area contributed by atoms with E-state index in [1.807, 2.05) is 0 Å². The molecule has 19 heavy (non-hydrogen) atoms. The van der Waals surface area contributed by atoms with Crippen LogP contribution in [-0.2, 0) is 0 Å². The number of hydrogen-bond acceptors (Lipinski definition) is 1. The highest BCUT2D eigenvalue weighted by Gasteiger charge is 2.18. The second kappa shape index (κ2) is 5.87. The topological polar surface area (TPSA) is 26.0 Å². The van der Waals surface area contributed by atoms with Crippen molar-refractivity contribution in [3.63, 3.8) is 0 Å². The van der Waals surface area contributed by atoms with Gasteiger partial charge in [-0.05, 0) is 45.8 Å². The molecule has 0 heterocycles. The van der Waals surface area contributed by atoms with E-state index in [9.17, 15) is 8.78 Å². The SMILES string of the molecule is NC(c1cc(F)c(Br)cc1F)c1ccc(Cl)cc1Br. The molecule has 6 heteroatoms. The van der Waals surface area contributed by atoms with Crippen molar-refractivity contribution >= 4 is 43.5 Å². The number of halogens is 5. The fraction of sp³-hybridized carbons (Fsp3) is 0.0769. The second-order valence-electron chi connectivity index (χ2n) is 3.93. The fourth-order valence-corrected chi connectivity index (χ4v) is 2.94. The van der Waals surface area contributed by atoms with Gasteiger partial charge in [0.15, 0.2) is 0 Å². The van der Waals surface area contributed by atoms with Gasteiger partial charge in [-0.2, -0.15) is 0 Å². The molecular formula is C13H8Br2ClF2N. The highest BCUT2D eigenvalue weighted by Crippen LogP contribution is 2.32. The van der Waals surface area contributed by atoms with E-state index in [1.54, 1.807) is 18.2 Å². The van der Waals surface area contributed by atoms with Gasteiger partial charge in [-0.1, -0.05) is 33.6 Å². The van der Waals surface area contributed by atoms with Gasteiger partial charge in [0.2, 0.25) is 0 Å². The first kappa shape index (κ1) is 14.9. The number of rotatable bonds is 2. The molecule has 1 unspecified atom stereocenters. The zero-order chi connectivity index (χ0) is 14.2. The van der Waals surface area contributed by atoms with Crippen molar-refractivity contribution in [1.82, 2.24) is 0 Å². The van der Waals surface area contributed by atoms with Gasteiger partial charge in [0.1, 0.15) is 11.6 Å². The third-order valence-electron chi connectivity index (χ3n) is 2.67. The van der Waals surface area contributed by atoms with Crippen LogP contribution in [0.5, 0.6) is 0 Å². The summed E-state index contributed by atoms with van der Waals surface area (Å²) in [6.45, 7) is 0. The third kappa shape index (κ3) is 3.16. The molecule has 100 valence electrons. The molecule has 0 saturated carbocycles. The molecule has 0 aliphatic rings. The Morgan fingerprint density at radius 1 is 0.947 bits per heavy atom. The molecule has 0 aliphatic heterocycles. The normalized spacial score (nSPS) is 12.5. The van der Waals surface area contributed by atoms with Crippen LogP contribution in [-0.4, -0.2) is 0 Å². The summed E-state index contributed by atoms with van der Waals surface area (Å²) in [7, 11) is 0. The van der Waals surface area contributed by atoms with E-state index >= 15 is 0 Å². The Labute approximate surface area is 131 Å². The molecule has 0 saturated heterocycles. The summed E-state index contributed by atoms with van der Waals surface area (Å²) in [6, 6.07) is 6.35. The van der Waals surface area contributed by atoms with Crippen LogP contribution < -0.4 is 5.73 Å². The number of benzene rings is 2. The van der Waals surface area contributed by atoms with Crippen molar-refractivity contribution in [2.75, 3.05) is 0 Å². The summed E-state index contributed by atoms with van der Waals surface area (Å²) in [5, 5.41) is 0.533. The van der Waals surface area contributed by atoms with Gasteiger partial charge in [0.25, 0.3) is 0 Å². The standard InChI is InChI=1S/C13H8Br2ClF2N/c14-9-3-6(16)1-2-7(9)13(19)8-4-12(18)10(15)5-11(8)17/h1-5,13H,19H2. The molecule has 2 aromatic rings. The lowest BCUT2D eigenvalue weighted by Gasteiger charge is -2.16. The predicted molar refractivity (Wildman–Crippen MR) is 79.2 cm³/mol. The van der Waals surface area contributed by atoms with Crippen molar-refractivity contribution in [1.29, 1.82) is 0 Å². The van der Waals surface area contributed by atoms with E-state index in [0.717, 1.165) is 12.1 Å². The first-order valence-corrected chi connectivity index (χ1v) is 7.21. The molecule has 0 fully saturated rings. The molecule has 1 nitrogen and oxygen atoms in total. The molecular weight excluding hydrogens is 403 g/mol. The first-order chi connectivity index (χ1) is 8.90. The number of hydrogen-bond donors (Lipinski definition) is 1. The first-order valence-electron chi connectivity index (χ1n) is 5.25. The van der Waals surface area contributed by atoms with Gasteiger partial charge >= 0.3 is 0 Å². The maximum absolute atomic E-state index is 13.9. The lowest BCUT2D eigenvalue weighted by molar-refractivity contribution is 0.572. The van der Waals surface area contributed by atoms with E-state index in [-0.39, 0.29) is 10.0 Å². The van der Waals surface area contributed by atoms with Gasteiger partial charge in [-0.25, -0.2) is 8.78 Å². The van der Waals surface area contributed by atoms with Gasteiger partial charge in [-0.15, -0.1) is 0 Å². The van der Waals surface area contributed by atoms with Crippen molar-refractivity contribution in [2.45, 2.75) is 6.04 Å². The molecule has 2 rings (SSSR count). The Hall–Kier alpha value is -0.490. The summed E-state index contributed by atoms with van der Waals surface area (Å²) in [4.78, 5) is 0. The highest BCUT2D eigenvalue weighted by molar-refractivity contribution is 9.10. The minimum Gasteiger partial charge on any atom is -0.320 e. The molecule has 0 bridgehead atoms. The molecule has 0 aliphatic carbocycles. The summed E-state index contributed by atoms with van der Waals surface area (Å²) < 4.78 is 28.1. The quantitative estimate of drug-likeness (QED) is 0.676. The highest BCUT2D eigenvalue weighted by atomic mass is 79.9. The molecule has 0 aromatic heterocycles. The van der Waals surface area contributed by atoms with Crippen LogP contribution in [0.1, 0.15) is 17.2 Å². The summed E-state index contributed by atoms with van der Waals surface area (Å²) in [6.07, 6.45) is 0. The molecule has 2 aromatic carbocycles. The lowest BCUT2D eigenvalue weighted by Crippen LogP contribution is -2.14. The zero-order valence-corrected chi connectivity index (χ0v) is 13.4. The smallest absolute Gasteiger partial charge is 0.137 e. The Morgan fingerprint density at radius 3 is 2.26 bits per heavy atom. The van der Waals surface area contributed by atoms with Crippen LogP contribution >= 0.6 is 43.5 Å². The van der Waals surface area contributed by atoms with Gasteiger partial charge in [0, 0.05) is 15.1 Å². The minimum atomic E-state index is -0.783. The van der Waals surface area contributed by atoms with Crippen LogP contribution in [0.25, 0.3) is 0 Å². The Balaban J connectivity index is 2.49. The van der Waals surface area contributed by atoms with Gasteiger partial charge in [-0.3, -0.25) is 0 Å². The van der Waals surface area contributed by atoms with Gasteiger partial charge < -0.3 is 5.73 Å². The average Bonchev–Trinajstić information content (AvgIpc) is 2.33. The fourth-order valence-electron chi connectivity index (χ4n) is 1.70. The van der Waals surface area contributed by atoms with E-state index in [4.69, 9.17) is 17.3 Å². The molecule has 0 amide bonds.